The molecule has 0 aliphatic carbocycles. The Hall–Kier alpha value is -0.580. The van der Waals surface area contributed by atoms with Crippen LogP contribution >= 0.6 is 0 Å². The Balaban J connectivity index is 3.59. The molecule has 11 heavy (non-hydrogen) atoms. The average Bonchev–Trinajstić information content (AvgIpc) is 1.88. The molecule has 1 unspecified atom stereocenters. The molecule has 66 valence electrons. The van der Waals surface area contributed by atoms with E-state index in [1.54, 1.807) is 0 Å². The Kier molecular flexibility index (Phi) is 4.10. The van der Waals surface area contributed by atoms with E-state index in [1.807, 2.05) is 0 Å². The highest BCUT2D eigenvalue weighted by atomic mass is 19.4. The number of carbonyl (C=O) groups is 1. The van der Waals surface area contributed by atoms with Gasteiger partial charge >= 0.3 is 6.18 Å². The summed E-state index contributed by atoms with van der Waals surface area (Å²) in [7, 11) is 1.45. The first-order valence-corrected chi connectivity index (χ1v) is 3.19. The van der Waals surface area contributed by atoms with E-state index in [4.69, 9.17) is 0 Å². The van der Waals surface area contributed by atoms with E-state index in [9.17, 15) is 18.0 Å². The third-order valence-electron chi connectivity index (χ3n) is 1.27. The van der Waals surface area contributed by atoms with E-state index in [-0.39, 0.29) is 6.42 Å². The first kappa shape index (κ1) is 10.4. The molecule has 1 N–H and O–H groups in total. The topological polar surface area (TPSA) is 29.1 Å². The Labute approximate surface area is 62.8 Å². The monoisotopic (exact) mass is 169 g/mol. The number of rotatable bonds is 4. The van der Waals surface area contributed by atoms with Gasteiger partial charge in [-0.05, 0) is 13.5 Å². The number of halogens is 3. The standard InChI is InChI=1S/C6H10F3NO/c1-10-5(4-11)2-3-6(7,8)9/h4-5,10H,2-3H2,1H3. The minimum Gasteiger partial charge on any atom is -0.311 e. The molecule has 0 amide bonds. The van der Waals surface area contributed by atoms with Gasteiger partial charge in [0.2, 0.25) is 0 Å². The van der Waals surface area contributed by atoms with E-state index in [1.165, 1.54) is 7.05 Å². The lowest BCUT2D eigenvalue weighted by molar-refractivity contribution is -0.137. The molecule has 0 aliphatic heterocycles. The normalized spacial score (nSPS) is 14.5. The van der Waals surface area contributed by atoms with E-state index in [0.29, 0.717) is 6.29 Å². The number of carbonyl (C=O) groups excluding carboxylic acids is 1. The summed E-state index contributed by atoms with van der Waals surface area (Å²) < 4.78 is 34.6. The van der Waals surface area contributed by atoms with Crippen LogP contribution in [-0.4, -0.2) is 25.6 Å². The lowest BCUT2D eigenvalue weighted by Gasteiger charge is -2.10. The summed E-state index contributed by atoms with van der Waals surface area (Å²) in [5, 5.41) is 2.46. The van der Waals surface area contributed by atoms with Crippen molar-refractivity contribution in [2.24, 2.45) is 0 Å². The minimum absolute atomic E-state index is 0.191. The first-order valence-electron chi connectivity index (χ1n) is 3.19. The molecule has 0 bridgehead atoms. The van der Waals surface area contributed by atoms with Gasteiger partial charge in [-0.15, -0.1) is 0 Å². The van der Waals surface area contributed by atoms with Crippen LogP contribution in [0, 0.1) is 0 Å². The van der Waals surface area contributed by atoms with E-state index in [0.717, 1.165) is 0 Å². The fourth-order valence-corrected chi connectivity index (χ4v) is 0.600. The van der Waals surface area contributed by atoms with Crippen molar-refractivity contribution in [2.45, 2.75) is 25.1 Å². The zero-order valence-corrected chi connectivity index (χ0v) is 6.11. The lowest BCUT2D eigenvalue weighted by Crippen LogP contribution is -2.28. The molecule has 0 rings (SSSR count). The maximum atomic E-state index is 11.5. The predicted molar refractivity (Wildman–Crippen MR) is 34.2 cm³/mol. The van der Waals surface area contributed by atoms with Crippen LogP contribution in [0.4, 0.5) is 13.2 Å². The molecule has 0 aromatic carbocycles. The molecule has 0 saturated heterocycles. The van der Waals surface area contributed by atoms with Crippen molar-refractivity contribution in [1.29, 1.82) is 0 Å². The molecular weight excluding hydrogens is 159 g/mol. The van der Waals surface area contributed by atoms with Crippen LogP contribution in [0.25, 0.3) is 0 Å². The summed E-state index contributed by atoms with van der Waals surface area (Å²) in [5.74, 6) is 0. The molecule has 0 aromatic heterocycles. The Bertz CT molecular complexity index is 123. The first-order chi connectivity index (χ1) is 4.99. The van der Waals surface area contributed by atoms with Crippen LogP contribution in [-0.2, 0) is 4.79 Å². The van der Waals surface area contributed by atoms with Gasteiger partial charge in [-0.1, -0.05) is 0 Å². The van der Waals surface area contributed by atoms with Crippen molar-refractivity contribution < 1.29 is 18.0 Å². The maximum absolute atomic E-state index is 11.5. The molecule has 2 nitrogen and oxygen atoms in total. The number of likely N-dealkylation sites (N-methyl/N-ethyl adjacent to an activating group) is 1. The van der Waals surface area contributed by atoms with Crippen molar-refractivity contribution in [3.63, 3.8) is 0 Å². The Morgan fingerprint density at radius 2 is 2.09 bits per heavy atom. The van der Waals surface area contributed by atoms with Gasteiger partial charge in [0.05, 0.1) is 6.04 Å². The second-order valence-electron chi connectivity index (χ2n) is 2.19. The zero-order valence-electron chi connectivity index (χ0n) is 6.11. The Morgan fingerprint density at radius 3 is 2.36 bits per heavy atom. The van der Waals surface area contributed by atoms with Crippen LogP contribution in [0.5, 0.6) is 0 Å². The van der Waals surface area contributed by atoms with Crippen molar-refractivity contribution in [1.82, 2.24) is 5.32 Å². The van der Waals surface area contributed by atoms with Crippen LogP contribution in [0.2, 0.25) is 0 Å². The number of nitrogens with one attached hydrogen (secondary N) is 1. The van der Waals surface area contributed by atoms with Gasteiger partial charge in [-0.2, -0.15) is 13.2 Å². The number of hydrogen-bond acceptors (Lipinski definition) is 2. The largest absolute Gasteiger partial charge is 0.389 e. The summed E-state index contributed by atoms with van der Waals surface area (Å²) in [5.41, 5.74) is 0. The van der Waals surface area contributed by atoms with E-state index < -0.39 is 18.6 Å². The van der Waals surface area contributed by atoms with Gasteiger partial charge in [0.15, 0.2) is 0 Å². The quantitative estimate of drug-likeness (QED) is 0.639. The van der Waals surface area contributed by atoms with E-state index in [2.05, 4.69) is 5.32 Å². The molecule has 0 radical (unpaired) electrons. The third-order valence-corrected chi connectivity index (χ3v) is 1.27. The second kappa shape index (κ2) is 4.33. The van der Waals surface area contributed by atoms with Gasteiger partial charge in [0, 0.05) is 6.42 Å². The van der Waals surface area contributed by atoms with Crippen molar-refractivity contribution >= 4 is 6.29 Å². The van der Waals surface area contributed by atoms with Crippen molar-refractivity contribution in [3.8, 4) is 0 Å². The van der Waals surface area contributed by atoms with Crippen LogP contribution < -0.4 is 5.32 Å². The van der Waals surface area contributed by atoms with Gasteiger partial charge in [0.1, 0.15) is 6.29 Å². The fourth-order valence-electron chi connectivity index (χ4n) is 0.600. The second-order valence-corrected chi connectivity index (χ2v) is 2.19. The molecule has 0 aromatic rings. The van der Waals surface area contributed by atoms with Crippen molar-refractivity contribution in [2.75, 3.05) is 7.05 Å². The molecule has 0 saturated carbocycles. The van der Waals surface area contributed by atoms with Gasteiger partial charge in [-0.3, -0.25) is 0 Å². The molecule has 0 aliphatic rings. The zero-order chi connectivity index (χ0) is 8.91. The number of aldehydes is 1. The lowest BCUT2D eigenvalue weighted by atomic mass is 10.2. The minimum atomic E-state index is -4.17. The average molecular weight is 169 g/mol. The fraction of sp³-hybridized carbons (Fsp3) is 0.833. The smallest absolute Gasteiger partial charge is 0.311 e. The molecule has 0 fully saturated rings. The molecule has 5 heteroatoms. The van der Waals surface area contributed by atoms with Crippen LogP contribution in [0.1, 0.15) is 12.8 Å². The van der Waals surface area contributed by atoms with Gasteiger partial charge < -0.3 is 10.1 Å². The molecule has 0 heterocycles. The van der Waals surface area contributed by atoms with Gasteiger partial charge in [-0.25, -0.2) is 0 Å². The van der Waals surface area contributed by atoms with Crippen LogP contribution in [0.15, 0.2) is 0 Å². The highest BCUT2D eigenvalue weighted by molar-refractivity contribution is 5.57. The summed E-state index contributed by atoms with van der Waals surface area (Å²) in [6.07, 6.45) is -4.80. The SMILES string of the molecule is CNC(C=O)CCC(F)(F)F. The molecule has 1 atom stereocenters. The molecule has 0 spiro atoms. The highest BCUT2D eigenvalue weighted by Crippen LogP contribution is 2.21. The summed E-state index contributed by atoms with van der Waals surface area (Å²) >= 11 is 0. The predicted octanol–water partition coefficient (Wildman–Crippen LogP) is 1.12. The number of hydrogen-bond donors (Lipinski definition) is 1. The maximum Gasteiger partial charge on any atom is 0.389 e. The van der Waals surface area contributed by atoms with Gasteiger partial charge in [0.25, 0.3) is 0 Å². The highest BCUT2D eigenvalue weighted by Gasteiger charge is 2.27. The van der Waals surface area contributed by atoms with Crippen molar-refractivity contribution in [3.05, 3.63) is 0 Å². The third kappa shape index (κ3) is 5.84. The Morgan fingerprint density at radius 1 is 1.55 bits per heavy atom. The summed E-state index contributed by atoms with van der Waals surface area (Å²) in [4.78, 5) is 10.0. The number of alkyl halides is 3. The van der Waals surface area contributed by atoms with E-state index >= 15 is 0 Å². The summed E-state index contributed by atoms with van der Waals surface area (Å²) in [6.45, 7) is 0. The molecular formula is C6H10F3NO. The summed E-state index contributed by atoms with van der Waals surface area (Å²) in [6, 6.07) is -0.684. The van der Waals surface area contributed by atoms with Crippen LogP contribution in [0.3, 0.4) is 0 Å².